The molecule has 19 heavy (non-hydrogen) atoms. The van der Waals surface area contributed by atoms with Crippen molar-refractivity contribution in [3.05, 3.63) is 23.4 Å². The zero-order valence-corrected chi connectivity index (χ0v) is 11.1. The number of hydrogen-bond acceptors (Lipinski definition) is 4. The zero-order valence-electron chi connectivity index (χ0n) is 11.1. The minimum Gasteiger partial charge on any atom is -0.481 e. The normalized spacial score (nSPS) is 22.9. The SMILES string of the molecule is Cc1nc(N2CC(C)CC(C(=O)O)C2)ccc1C#N. The van der Waals surface area contributed by atoms with Crippen LogP contribution in [0.15, 0.2) is 12.1 Å². The number of hydrogen-bond donors (Lipinski definition) is 1. The highest BCUT2D eigenvalue weighted by Gasteiger charge is 2.30. The van der Waals surface area contributed by atoms with Crippen LogP contribution in [0.3, 0.4) is 0 Å². The van der Waals surface area contributed by atoms with Gasteiger partial charge in [0.2, 0.25) is 0 Å². The number of rotatable bonds is 2. The fourth-order valence-corrected chi connectivity index (χ4v) is 2.56. The van der Waals surface area contributed by atoms with Crippen molar-refractivity contribution in [2.75, 3.05) is 18.0 Å². The van der Waals surface area contributed by atoms with Crippen LogP contribution in [-0.2, 0) is 4.79 Å². The van der Waals surface area contributed by atoms with Gasteiger partial charge in [-0.15, -0.1) is 0 Å². The average Bonchev–Trinajstić information content (AvgIpc) is 2.37. The number of pyridine rings is 1. The van der Waals surface area contributed by atoms with Crippen molar-refractivity contribution in [1.29, 1.82) is 5.26 Å². The third-order valence-corrected chi connectivity index (χ3v) is 3.52. The van der Waals surface area contributed by atoms with E-state index in [1.807, 2.05) is 4.90 Å². The Labute approximate surface area is 112 Å². The van der Waals surface area contributed by atoms with Gasteiger partial charge in [0.15, 0.2) is 0 Å². The van der Waals surface area contributed by atoms with Crippen LogP contribution in [-0.4, -0.2) is 29.1 Å². The number of aliphatic carboxylic acids is 1. The smallest absolute Gasteiger partial charge is 0.308 e. The van der Waals surface area contributed by atoms with E-state index in [-0.39, 0.29) is 5.92 Å². The lowest BCUT2D eigenvalue weighted by molar-refractivity contribution is -0.142. The second-order valence-electron chi connectivity index (χ2n) is 5.20. The number of nitrogens with zero attached hydrogens (tertiary/aromatic N) is 3. The van der Waals surface area contributed by atoms with E-state index >= 15 is 0 Å². The molecule has 1 aliphatic heterocycles. The molecule has 0 saturated carbocycles. The molecule has 100 valence electrons. The van der Waals surface area contributed by atoms with Gasteiger partial charge in [0.1, 0.15) is 11.9 Å². The largest absolute Gasteiger partial charge is 0.481 e. The van der Waals surface area contributed by atoms with Gasteiger partial charge in [0.25, 0.3) is 0 Å². The summed E-state index contributed by atoms with van der Waals surface area (Å²) in [5.41, 5.74) is 1.24. The highest BCUT2D eigenvalue weighted by molar-refractivity contribution is 5.71. The van der Waals surface area contributed by atoms with Gasteiger partial charge in [-0.1, -0.05) is 6.92 Å². The summed E-state index contributed by atoms with van der Waals surface area (Å²) in [7, 11) is 0. The Balaban J connectivity index is 2.23. The molecule has 0 bridgehead atoms. The molecule has 1 N–H and O–H groups in total. The highest BCUT2D eigenvalue weighted by Crippen LogP contribution is 2.26. The summed E-state index contributed by atoms with van der Waals surface area (Å²) in [4.78, 5) is 17.6. The standard InChI is InChI=1S/C14H17N3O2/c1-9-5-12(14(18)19)8-17(7-9)13-4-3-11(6-15)10(2)16-13/h3-4,9,12H,5,7-8H2,1-2H3,(H,18,19). The van der Waals surface area contributed by atoms with E-state index in [1.54, 1.807) is 19.1 Å². The van der Waals surface area contributed by atoms with Crippen LogP contribution in [0.5, 0.6) is 0 Å². The third-order valence-electron chi connectivity index (χ3n) is 3.52. The number of aryl methyl sites for hydroxylation is 1. The molecule has 0 radical (unpaired) electrons. The number of piperidine rings is 1. The molecule has 2 atom stereocenters. The molecule has 1 aromatic rings. The molecule has 0 spiro atoms. The maximum atomic E-state index is 11.2. The van der Waals surface area contributed by atoms with Gasteiger partial charge >= 0.3 is 5.97 Å². The lowest BCUT2D eigenvalue weighted by atomic mass is 9.90. The van der Waals surface area contributed by atoms with Crippen LogP contribution in [0.25, 0.3) is 0 Å². The molecular weight excluding hydrogens is 242 g/mol. The molecule has 5 heteroatoms. The number of nitriles is 1. The summed E-state index contributed by atoms with van der Waals surface area (Å²) >= 11 is 0. The van der Waals surface area contributed by atoms with Crippen molar-refractivity contribution < 1.29 is 9.90 Å². The summed E-state index contributed by atoms with van der Waals surface area (Å²) in [6.07, 6.45) is 0.709. The Bertz CT molecular complexity index is 536. The number of anilines is 1. The molecule has 0 aromatic carbocycles. The van der Waals surface area contributed by atoms with Crippen molar-refractivity contribution in [3.63, 3.8) is 0 Å². The van der Waals surface area contributed by atoms with Crippen LogP contribution in [0.2, 0.25) is 0 Å². The molecule has 0 aliphatic carbocycles. The Morgan fingerprint density at radius 2 is 2.26 bits per heavy atom. The second-order valence-corrected chi connectivity index (χ2v) is 5.20. The van der Waals surface area contributed by atoms with Crippen LogP contribution in [0.4, 0.5) is 5.82 Å². The molecule has 1 saturated heterocycles. The molecule has 1 fully saturated rings. The molecule has 5 nitrogen and oxygen atoms in total. The van der Waals surface area contributed by atoms with Crippen LogP contribution < -0.4 is 4.90 Å². The average molecular weight is 259 g/mol. The van der Waals surface area contributed by atoms with E-state index in [0.717, 1.165) is 12.4 Å². The predicted octanol–water partition coefficient (Wildman–Crippen LogP) is 1.81. The first-order valence-electron chi connectivity index (χ1n) is 6.36. The van der Waals surface area contributed by atoms with Gasteiger partial charge in [-0.25, -0.2) is 4.98 Å². The highest BCUT2D eigenvalue weighted by atomic mass is 16.4. The summed E-state index contributed by atoms with van der Waals surface area (Å²) in [5, 5.41) is 18.1. The van der Waals surface area contributed by atoms with E-state index in [9.17, 15) is 4.79 Å². The molecule has 0 amide bonds. The molecule has 2 unspecified atom stereocenters. The van der Waals surface area contributed by atoms with E-state index in [1.165, 1.54) is 0 Å². The first-order chi connectivity index (χ1) is 9.01. The fourth-order valence-electron chi connectivity index (χ4n) is 2.56. The quantitative estimate of drug-likeness (QED) is 0.876. The monoisotopic (exact) mass is 259 g/mol. The van der Waals surface area contributed by atoms with Gasteiger partial charge in [-0.3, -0.25) is 4.79 Å². The van der Waals surface area contributed by atoms with Gasteiger partial charge in [-0.05, 0) is 31.4 Å². The Morgan fingerprint density at radius 1 is 1.53 bits per heavy atom. The van der Waals surface area contributed by atoms with Crippen molar-refractivity contribution >= 4 is 11.8 Å². The Morgan fingerprint density at radius 3 is 2.84 bits per heavy atom. The lowest BCUT2D eigenvalue weighted by Crippen LogP contribution is -2.43. The second kappa shape index (κ2) is 5.27. The minimum absolute atomic E-state index is 0.326. The maximum absolute atomic E-state index is 11.2. The van der Waals surface area contributed by atoms with Crippen molar-refractivity contribution in [3.8, 4) is 6.07 Å². The van der Waals surface area contributed by atoms with E-state index in [0.29, 0.717) is 30.1 Å². The van der Waals surface area contributed by atoms with Crippen molar-refractivity contribution in [1.82, 2.24) is 4.98 Å². The van der Waals surface area contributed by atoms with Crippen LogP contribution >= 0.6 is 0 Å². The van der Waals surface area contributed by atoms with E-state index in [2.05, 4.69) is 18.0 Å². The summed E-state index contributed by atoms with van der Waals surface area (Å²) < 4.78 is 0. The van der Waals surface area contributed by atoms with Gasteiger partial charge in [-0.2, -0.15) is 5.26 Å². The van der Waals surface area contributed by atoms with Gasteiger partial charge in [0.05, 0.1) is 17.2 Å². The van der Waals surface area contributed by atoms with Crippen molar-refractivity contribution in [2.24, 2.45) is 11.8 Å². The van der Waals surface area contributed by atoms with E-state index < -0.39 is 5.97 Å². The number of aromatic nitrogens is 1. The summed E-state index contributed by atoms with van der Waals surface area (Å²) in [5.74, 6) is -0.00897. The van der Waals surface area contributed by atoms with E-state index in [4.69, 9.17) is 10.4 Å². The number of carboxylic acid groups (broad SMARTS) is 1. The molecule has 2 heterocycles. The lowest BCUT2D eigenvalue weighted by Gasteiger charge is -2.35. The summed E-state index contributed by atoms with van der Waals surface area (Å²) in [6.45, 7) is 5.14. The zero-order chi connectivity index (χ0) is 14.0. The Kier molecular flexibility index (Phi) is 3.70. The van der Waals surface area contributed by atoms with Gasteiger partial charge in [0, 0.05) is 13.1 Å². The first-order valence-corrected chi connectivity index (χ1v) is 6.36. The molecule has 1 aromatic heterocycles. The Hall–Kier alpha value is -2.09. The van der Waals surface area contributed by atoms with Crippen LogP contribution in [0.1, 0.15) is 24.6 Å². The topological polar surface area (TPSA) is 77.2 Å². The molecular formula is C14H17N3O2. The van der Waals surface area contributed by atoms with Crippen molar-refractivity contribution in [2.45, 2.75) is 20.3 Å². The minimum atomic E-state index is -0.748. The first kappa shape index (κ1) is 13.3. The molecule has 2 rings (SSSR count). The number of carboxylic acids is 1. The van der Waals surface area contributed by atoms with Crippen LogP contribution in [0, 0.1) is 30.1 Å². The molecule has 1 aliphatic rings. The maximum Gasteiger partial charge on any atom is 0.308 e. The third kappa shape index (κ3) is 2.84. The fraction of sp³-hybridized carbons (Fsp3) is 0.500. The number of carbonyl (C=O) groups is 1. The predicted molar refractivity (Wildman–Crippen MR) is 70.8 cm³/mol. The van der Waals surface area contributed by atoms with Gasteiger partial charge < -0.3 is 10.0 Å². The summed E-state index contributed by atoms with van der Waals surface area (Å²) in [6, 6.07) is 5.62.